The third-order valence-corrected chi connectivity index (χ3v) is 3.53. The zero-order valence-electron chi connectivity index (χ0n) is 10.6. The fourth-order valence-electron chi connectivity index (χ4n) is 1.19. The maximum Gasteiger partial charge on any atom is 0.0227 e. The van der Waals surface area contributed by atoms with Gasteiger partial charge >= 0.3 is 0 Å². The lowest BCUT2D eigenvalue weighted by atomic mass is 9.72. The smallest absolute Gasteiger partial charge is 0.0227 e. The predicted octanol–water partition coefficient (Wildman–Crippen LogP) is 2.52. The molecule has 0 aliphatic carbocycles. The van der Waals surface area contributed by atoms with Gasteiger partial charge in [-0.2, -0.15) is 0 Å². The van der Waals surface area contributed by atoms with E-state index < -0.39 is 0 Å². The summed E-state index contributed by atoms with van der Waals surface area (Å²) in [5, 5.41) is 6.72. The van der Waals surface area contributed by atoms with Crippen molar-refractivity contribution in [1.29, 1.82) is 0 Å². The van der Waals surface area contributed by atoms with Crippen molar-refractivity contribution >= 4 is 0 Å². The Hall–Kier alpha value is -0.500. The summed E-state index contributed by atoms with van der Waals surface area (Å²) in [7, 11) is 1.99. The Morgan fingerprint density at radius 3 is 2.07 bits per heavy atom. The molecule has 0 radical (unpaired) electrons. The van der Waals surface area contributed by atoms with E-state index >= 15 is 0 Å². The van der Waals surface area contributed by atoms with E-state index in [1.54, 1.807) is 0 Å². The average Bonchev–Trinajstić information content (AvgIpc) is 2.13. The monoisotopic (exact) mass is 198 g/mol. The molecule has 2 nitrogen and oxygen atoms in total. The SMILES string of the molecule is C=C(NCCC)C(C)(C)C(C)(C)NC. The third kappa shape index (κ3) is 2.74. The van der Waals surface area contributed by atoms with E-state index in [0.29, 0.717) is 0 Å². The van der Waals surface area contributed by atoms with Gasteiger partial charge in [-0.1, -0.05) is 27.4 Å². The van der Waals surface area contributed by atoms with Gasteiger partial charge < -0.3 is 10.6 Å². The van der Waals surface area contributed by atoms with Crippen LogP contribution in [0.5, 0.6) is 0 Å². The Balaban J connectivity index is 4.52. The van der Waals surface area contributed by atoms with Crippen molar-refractivity contribution < 1.29 is 0 Å². The first-order chi connectivity index (χ1) is 6.29. The van der Waals surface area contributed by atoms with E-state index in [2.05, 4.69) is 51.8 Å². The van der Waals surface area contributed by atoms with Crippen molar-refractivity contribution in [3.63, 3.8) is 0 Å². The van der Waals surface area contributed by atoms with Gasteiger partial charge in [0.05, 0.1) is 0 Å². The molecule has 0 heterocycles. The third-order valence-electron chi connectivity index (χ3n) is 3.53. The second-order valence-corrected chi connectivity index (χ2v) is 4.91. The Morgan fingerprint density at radius 1 is 1.21 bits per heavy atom. The fourth-order valence-corrected chi connectivity index (χ4v) is 1.19. The van der Waals surface area contributed by atoms with E-state index in [1.807, 2.05) is 7.05 Å². The maximum absolute atomic E-state index is 4.13. The van der Waals surface area contributed by atoms with Crippen LogP contribution < -0.4 is 10.6 Å². The normalized spacial score (nSPS) is 12.7. The molecule has 0 atom stereocenters. The van der Waals surface area contributed by atoms with E-state index in [4.69, 9.17) is 0 Å². The van der Waals surface area contributed by atoms with Crippen molar-refractivity contribution in [3.8, 4) is 0 Å². The Kier molecular flexibility index (Phi) is 4.66. The molecule has 0 unspecified atom stereocenters. The molecular weight excluding hydrogens is 172 g/mol. The van der Waals surface area contributed by atoms with Crippen LogP contribution in [0.25, 0.3) is 0 Å². The molecule has 0 bridgehead atoms. The Labute approximate surface area is 89.2 Å². The van der Waals surface area contributed by atoms with Crippen molar-refractivity contribution in [3.05, 3.63) is 12.3 Å². The fraction of sp³-hybridized carbons (Fsp3) is 0.833. The molecule has 0 fully saturated rings. The molecule has 0 aliphatic rings. The number of rotatable bonds is 6. The summed E-state index contributed by atoms with van der Waals surface area (Å²) in [5.74, 6) is 0. The van der Waals surface area contributed by atoms with Crippen molar-refractivity contribution in [2.24, 2.45) is 5.41 Å². The molecule has 0 aromatic rings. The topological polar surface area (TPSA) is 24.1 Å². The standard InChI is InChI=1S/C12H26N2/c1-8-9-14-10(2)11(3,4)12(5,6)13-7/h13-14H,2,8-9H2,1,3-7H3. The van der Waals surface area contributed by atoms with Gasteiger partial charge in [0.25, 0.3) is 0 Å². The molecule has 0 rings (SSSR count). The van der Waals surface area contributed by atoms with Crippen LogP contribution in [0.4, 0.5) is 0 Å². The first kappa shape index (κ1) is 13.5. The number of hydrogen-bond acceptors (Lipinski definition) is 2. The van der Waals surface area contributed by atoms with Crippen molar-refractivity contribution in [2.75, 3.05) is 13.6 Å². The van der Waals surface area contributed by atoms with E-state index in [0.717, 1.165) is 18.7 Å². The van der Waals surface area contributed by atoms with Gasteiger partial charge in [-0.05, 0) is 27.3 Å². The van der Waals surface area contributed by atoms with Gasteiger partial charge in [0, 0.05) is 23.2 Å². The molecule has 0 saturated carbocycles. The number of hydrogen-bond donors (Lipinski definition) is 2. The molecule has 0 saturated heterocycles. The quantitative estimate of drug-likeness (QED) is 0.685. The summed E-state index contributed by atoms with van der Waals surface area (Å²) in [4.78, 5) is 0. The summed E-state index contributed by atoms with van der Waals surface area (Å²) in [6.07, 6.45) is 1.13. The van der Waals surface area contributed by atoms with Gasteiger partial charge in [-0.25, -0.2) is 0 Å². The van der Waals surface area contributed by atoms with Crippen LogP contribution in [0.3, 0.4) is 0 Å². The lowest BCUT2D eigenvalue weighted by molar-refractivity contribution is 0.199. The summed E-state index contributed by atoms with van der Waals surface area (Å²) in [6.45, 7) is 16.1. The summed E-state index contributed by atoms with van der Waals surface area (Å²) >= 11 is 0. The van der Waals surface area contributed by atoms with Gasteiger partial charge in [-0.3, -0.25) is 0 Å². The molecule has 0 aromatic carbocycles. The lowest BCUT2D eigenvalue weighted by Gasteiger charge is -2.43. The summed E-state index contributed by atoms with van der Waals surface area (Å²) in [6, 6.07) is 0. The zero-order valence-corrected chi connectivity index (χ0v) is 10.6. The highest BCUT2D eigenvalue weighted by atomic mass is 15.0. The average molecular weight is 198 g/mol. The van der Waals surface area contributed by atoms with Gasteiger partial charge in [-0.15, -0.1) is 0 Å². The van der Waals surface area contributed by atoms with Crippen LogP contribution in [0, 0.1) is 5.41 Å². The molecule has 2 heteroatoms. The zero-order chi connectivity index (χ0) is 11.4. The van der Waals surface area contributed by atoms with Gasteiger partial charge in [0.1, 0.15) is 0 Å². The van der Waals surface area contributed by atoms with Crippen molar-refractivity contribution in [2.45, 2.75) is 46.6 Å². The van der Waals surface area contributed by atoms with Gasteiger partial charge in [0.15, 0.2) is 0 Å². The Morgan fingerprint density at radius 2 is 1.71 bits per heavy atom. The highest BCUT2D eigenvalue weighted by Gasteiger charge is 2.37. The highest BCUT2D eigenvalue weighted by molar-refractivity contribution is 5.13. The summed E-state index contributed by atoms with van der Waals surface area (Å²) in [5.41, 5.74) is 1.19. The molecule has 0 aromatic heterocycles. The molecule has 0 aliphatic heterocycles. The van der Waals surface area contributed by atoms with Crippen LogP contribution in [-0.2, 0) is 0 Å². The van der Waals surface area contributed by atoms with Crippen LogP contribution in [0.2, 0.25) is 0 Å². The van der Waals surface area contributed by atoms with E-state index in [9.17, 15) is 0 Å². The molecule has 84 valence electrons. The molecule has 0 amide bonds. The minimum atomic E-state index is 0.0386. The minimum absolute atomic E-state index is 0.0386. The minimum Gasteiger partial charge on any atom is -0.388 e. The second kappa shape index (κ2) is 4.83. The molecular formula is C12H26N2. The number of nitrogens with one attached hydrogen (secondary N) is 2. The summed E-state index contributed by atoms with van der Waals surface area (Å²) < 4.78 is 0. The van der Waals surface area contributed by atoms with E-state index in [-0.39, 0.29) is 11.0 Å². The second-order valence-electron chi connectivity index (χ2n) is 4.91. The highest BCUT2D eigenvalue weighted by Crippen LogP contribution is 2.35. The lowest BCUT2D eigenvalue weighted by Crippen LogP contribution is -2.52. The Bertz CT molecular complexity index is 192. The van der Waals surface area contributed by atoms with Crippen LogP contribution in [0.1, 0.15) is 41.0 Å². The molecule has 14 heavy (non-hydrogen) atoms. The van der Waals surface area contributed by atoms with Gasteiger partial charge in [0.2, 0.25) is 0 Å². The van der Waals surface area contributed by atoms with Crippen LogP contribution in [-0.4, -0.2) is 19.1 Å². The first-order valence-corrected chi connectivity index (χ1v) is 5.41. The maximum atomic E-state index is 4.13. The van der Waals surface area contributed by atoms with Crippen LogP contribution in [0.15, 0.2) is 12.3 Å². The molecule has 2 N–H and O–H groups in total. The van der Waals surface area contributed by atoms with E-state index in [1.165, 1.54) is 0 Å². The predicted molar refractivity (Wildman–Crippen MR) is 64.4 cm³/mol. The first-order valence-electron chi connectivity index (χ1n) is 5.41. The van der Waals surface area contributed by atoms with Crippen LogP contribution >= 0.6 is 0 Å². The largest absolute Gasteiger partial charge is 0.388 e. The molecule has 0 spiro atoms. The van der Waals surface area contributed by atoms with Crippen molar-refractivity contribution in [1.82, 2.24) is 10.6 Å².